The molecule has 1 aromatic carbocycles. The van der Waals surface area contributed by atoms with Gasteiger partial charge in [-0.15, -0.1) is 0 Å². The molecule has 0 N–H and O–H groups in total. The second-order valence-corrected chi connectivity index (χ2v) is 8.83. The fraction of sp³-hybridized carbons (Fsp3) is 0.652. The van der Waals surface area contributed by atoms with Gasteiger partial charge >= 0.3 is 0 Å². The zero-order valence-electron chi connectivity index (χ0n) is 17.3. The Morgan fingerprint density at radius 1 is 1.03 bits per heavy atom. The van der Waals surface area contributed by atoms with Crippen molar-refractivity contribution in [2.45, 2.75) is 57.9 Å². The van der Waals surface area contributed by atoms with E-state index in [-0.39, 0.29) is 23.0 Å². The second kappa shape index (κ2) is 8.42. The molecule has 0 aromatic heterocycles. The number of rotatable bonds is 2. The molecule has 0 radical (unpaired) electrons. The number of carbonyl (C=O) groups excluding carboxylic acids is 2. The number of likely N-dealkylation sites (tertiary alicyclic amines) is 2. The fourth-order valence-electron chi connectivity index (χ4n) is 5.29. The molecule has 3 saturated heterocycles. The Labute approximate surface area is 172 Å². The van der Waals surface area contributed by atoms with Crippen LogP contribution in [-0.4, -0.2) is 60.5 Å². The summed E-state index contributed by atoms with van der Waals surface area (Å²) in [5, 5.41) is 0. The van der Waals surface area contributed by atoms with E-state index < -0.39 is 6.04 Å². The maximum absolute atomic E-state index is 14.1. The van der Waals surface area contributed by atoms with Crippen molar-refractivity contribution >= 4 is 11.8 Å². The molecular formula is C23H31FN2O3. The van der Waals surface area contributed by atoms with Gasteiger partial charge in [0, 0.05) is 43.8 Å². The van der Waals surface area contributed by atoms with E-state index in [0.29, 0.717) is 30.9 Å². The Morgan fingerprint density at radius 3 is 2.45 bits per heavy atom. The van der Waals surface area contributed by atoms with Crippen LogP contribution in [-0.2, 0) is 9.53 Å². The second-order valence-electron chi connectivity index (χ2n) is 8.83. The average Bonchev–Trinajstić information content (AvgIpc) is 2.76. The van der Waals surface area contributed by atoms with Crippen molar-refractivity contribution in [3.63, 3.8) is 0 Å². The molecule has 0 bridgehead atoms. The van der Waals surface area contributed by atoms with E-state index in [9.17, 15) is 14.0 Å². The molecule has 0 saturated carbocycles. The molecule has 5 nitrogen and oxygen atoms in total. The van der Waals surface area contributed by atoms with Gasteiger partial charge in [0.1, 0.15) is 11.9 Å². The number of carbonyl (C=O) groups is 2. The molecule has 1 spiro atoms. The summed E-state index contributed by atoms with van der Waals surface area (Å²) < 4.78 is 19.7. The summed E-state index contributed by atoms with van der Waals surface area (Å²) >= 11 is 0. The van der Waals surface area contributed by atoms with Crippen molar-refractivity contribution < 1.29 is 18.7 Å². The molecule has 3 aliphatic heterocycles. The summed E-state index contributed by atoms with van der Waals surface area (Å²) in [6.07, 6.45) is 6.58. The summed E-state index contributed by atoms with van der Waals surface area (Å²) in [6.45, 7) is 5.02. The summed E-state index contributed by atoms with van der Waals surface area (Å²) in [5.74, 6) is -0.537. The van der Waals surface area contributed by atoms with Crippen LogP contribution >= 0.6 is 0 Å². The monoisotopic (exact) mass is 402 g/mol. The van der Waals surface area contributed by atoms with Crippen LogP contribution in [0.15, 0.2) is 18.2 Å². The molecule has 3 aliphatic rings. The van der Waals surface area contributed by atoms with Gasteiger partial charge in [-0.25, -0.2) is 4.39 Å². The van der Waals surface area contributed by atoms with E-state index in [1.54, 1.807) is 24.0 Å². The van der Waals surface area contributed by atoms with Crippen LogP contribution in [0.1, 0.15) is 60.9 Å². The van der Waals surface area contributed by atoms with Crippen molar-refractivity contribution in [1.29, 1.82) is 0 Å². The van der Waals surface area contributed by atoms with Crippen LogP contribution in [0.2, 0.25) is 0 Å². The van der Waals surface area contributed by atoms with Crippen molar-refractivity contribution in [2.24, 2.45) is 5.41 Å². The number of hydrogen-bond donors (Lipinski definition) is 0. The predicted octanol–water partition coefficient (Wildman–Crippen LogP) is 3.55. The first kappa shape index (κ1) is 20.3. The topological polar surface area (TPSA) is 49.9 Å². The first-order valence-corrected chi connectivity index (χ1v) is 11.0. The highest BCUT2D eigenvalue weighted by Crippen LogP contribution is 2.45. The Bertz CT molecular complexity index is 764. The Balaban J connectivity index is 1.68. The zero-order valence-corrected chi connectivity index (χ0v) is 17.3. The number of piperidine rings is 2. The van der Waals surface area contributed by atoms with Crippen molar-refractivity contribution in [1.82, 2.24) is 9.80 Å². The molecule has 1 unspecified atom stereocenters. The highest BCUT2D eigenvalue weighted by atomic mass is 19.1. The lowest BCUT2D eigenvalue weighted by Crippen LogP contribution is -2.63. The van der Waals surface area contributed by atoms with Gasteiger partial charge < -0.3 is 14.5 Å². The molecule has 4 rings (SSSR count). The van der Waals surface area contributed by atoms with Gasteiger partial charge in [-0.1, -0.05) is 6.07 Å². The Hall–Kier alpha value is -1.95. The molecule has 0 aliphatic carbocycles. The Morgan fingerprint density at radius 2 is 1.76 bits per heavy atom. The van der Waals surface area contributed by atoms with Gasteiger partial charge in [-0.05, 0) is 69.6 Å². The van der Waals surface area contributed by atoms with Crippen molar-refractivity contribution in [2.75, 3.05) is 32.8 Å². The minimum atomic E-state index is -0.477. The molecule has 2 amide bonds. The van der Waals surface area contributed by atoms with Crippen molar-refractivity contribution in [3.8, 4) is 0 Å². The van der Waals surface area contributed by atoms with Crippen LogP contribution in [0, 0.1) is 18.2 Å². The summed E-state index contributed by atoms with van der Waals surface area (Å²) in [7, 11) is 0. The largest absolute Gasteiger partial charge is 0.381 e. The van der Waals surface area contributed by atoms with Crippen LogP contribution in [0.3, 0.4) is 0 Å². The minimum absolute atomic E-state index is 0.0761. The summed E-state index contributed by atoms with van der Waals surface area (Å²) in [6, 6.07) is 4.15. The third-order valence-electron chi connectivity index (χ3n) is 7.04. The highest BCUT2D eigenvalue weighted by molar-refractivity contribution is 5.98. The normalized spacial score (nSPS) is 24.6. The van der Waals surface area contributed by atoms with E-state index in [4.69, 9.17) is 4.74 Å². The lowest BCUT2D eigenvalue weighted by molar-refractivity contribution is -0.149. The maximum Gasteiger partial charge on any atom is 0.254 e. The van der Waals surface area contributed by atoms with Gasteiger partial charge in [-0.2, -0.15) is 0 Å². The molecule has 6 heteroatoms. The minimum Gasteiger partial charge on any atom is -0.381 e. The fourth-order valence-corrected chi connectivity index (χ4v) is 5.29. The van der Waals surface area contributed by atoms with Crippen LogP contribution in [0.5, 0.6) is 0 Å². The third-order valence-corrected chi connectivity index (χ3v) is 7.04. The number of hydrogen-bond acceptors (Lipinski definition) is 3. The first-order chi connectivity index (χ1) is 14.0. The molecule has 158 valence electrons. The van der Waals surface area contributed by atoms with Gasteiger partial charge in [0.05, 0.1) is 0 Å². The van der Waals surface area contributed by atoms with E-state index in [1.807, 2.05) is 4.90 Å². The Kier molecular flexibility index (Phi) is 5.91. The van der Waals surface area contributed by atoms with Gasteiger partial charge in [0.2, 0.25) is 5.91 Å². The first-order valence-electron chi connectivity index (χ1n) is 11.0. The third kappa shape index (κ3) is 3.91. The molecule has 3 fully saturated rings. The van der Waals surface area contributed by atoms with Gasteiger partial charge in [0.15, 0.2) is 0 Å². The zero-order chi connectivity index (χ0) is 20.4. The number of amides is 2. The van der Waals surface area contributed by atoms with Crippen LogP contribution in [0.4, 0.5) is 4.39 Å². The number of aryl methyl sites for hydroxylation is 1. The average molecular weight is 403 g/mol. The van der Waals surface area contributed by atoms with Gasteiger partial charge in [-0.3, -0.25) is 9.59 Å². The van der Waals surface area contributed by atoms with Crippen LogP contribution in [0.25, 0.3) is 0 Å². The highest BCUT2D eigenvalue weighted by Gasteiger charge is 2.51. The van der Waals surface area contributed by atoms with E-state index in [2.05, 4.69) is 0 Å². The number of nitrogens with zero attached hydrogens (tertiary/aromatic N) is 2. The SMILES string of the molecule is Cc1ccc(C(=O)N2CCCC3(CCOCC3)C2C(=O)N2CCCCC2)cc1F. The molecule has 29 heavy (non-hydrogen) atoms. The smallest absolute Gasteiger partial charge is 0.254 e. The summed E-state index contributed by atoms with van der Waals surface area (Å²) in [5.41, 5.74) is 0.611. The van der Waals surface area contributed by atoms with E-state index in [1.165, 1.54) is 6.07 Å². The number of halogens is 1. The lowest BCUT2D eigenvalue weighted by atomic mass is 9.67. The van der Waals surface area contributed by atoms with E-state index in [0.717, 1.165) is 58.0 Å². The molecule has 1 aromatic rings. The van der Waals surface area contributed by atoms with Gasteiger partial charge in [0.25, 0.3) is 5.91 Å². The molecule has 1 atom stereocenters. The predicted molar refractivity (Wildman–Crippen MR) is 108 cm³/mol. The molecule has 3 heterocycles. The van der Waals surface area contributed by atoms with Crippen LogP contribution < -0.4 is 0 Å². The molecular weight excluding hydrogens is 371 g/mol. The number of ether oxygens (including phenoxy) is 1. The number of benzene rings is 1. The lowest BCUT2D eigenvalue weighted by Gasteiger charge is -2.52. The quantitative estimate of drug-likeness (QED) is 0.760. The maximum atomic E-state index is 14.1. The van der Waals surface area contributed by atoms with Crippen molar-refractivity contribution in [3.05, 3.63) is 35.1 Å². The van der Waals surface area contributed by atoms with E-state index >= 15 is 0 Å². The summed E-state index contributed by atoms with van der Waals surface area (Å²) in [4.78, 5) is 30.9. The standard InChI is InChI=1S/C23H31FN2O3/c1-17-6-7-18(16-19(17)24)21(27)26-13-5-8-23(9-14-29-15-10-23)20(26)22(28)25-11-3-2-4-12-25/h6-7,16,20H,2-5,8-15H2,1H3.